The Balaban J connectivity index is 2.34. The first-order valence-corrected chi connectivity index (χ1v) is 5.27. The summed E-state index contributed by atoms with van der Waals surface area (Å²) < 4.78 is 5.14. The third kappa shape index (κ3) is 2.03. The molecular weight excluding hydrogens is 214 g/mol. The zero-order chi connectivity index (χ0) is 11.1. The molecule has 1 saturated carbocycles. The third-order valence-corrected chi connectivity index (χ3v) is 3.11. The van der Waals surface area contributed by atoms with Gasteiger partial charge in [0.25, 0.3) is 0 Å². The Morgan fingerprint density at radius 3 is 2.73 bits per heavy atom. The maximum Gasteiger partial charge on any atom is 0.177 e. The molecule has 1 fully saturated rings. The highest BCUT2D eigenvalue weighted by Crippen LogP contribution is 2.42. The van der Waals surface area contributed by atoms with Gasteiger partial charge in [-0.05, 0) is 30.9 Å². The molecule has 82 valence electrons. The molecule has 0 spiro atoms. The van der Waals surface area contributed by atoms with Gasteiger partial charge in [-0.25, -0.2) is 0 Å². The van der Waals surface area contributed by atoms with Crippen molar-refractivity contribution in [2.75, 3.05) is 7.11 Å². The van der Waals surface area contributed by atoms with Crippen molar-refractivity contribution in [2.45, 2.75) is 24.8 Å². The first-order chi connectivity index (χ1) is 7.06. The molecule has 0 heterocycles. The quantitative estimate of drug-likeness (QED) is 0.832. The molecule has 3 N–H and O–H groups in total. The Morgan fingerprint density at radius 2 is 2.20 bits per heavy atom. The lowest BCUT2D eigenvalue weighted by atomic mass is 10.0. The van der Waals surface area contributed by atoms with E-state index in [-0.39, 0.29) is 11.3 Å². The molecule has 0 radical (unpaired) electrons. The van der Waals surface area contributed by atoms with E-state index < -0.39 is 0 Å². The van der Waals surface area contributed by atoms with Gasteiger partial charge in [0.15, 0.2) is 11.5 Å². The van der Waals surface area contributed by atoms with Gasteiger partial charge in [0.05, 0.1) is 12.1 Å². The monoisotopic (exact) mass is 227 g/mol. The summed E-state index contributed by atoms with van der Waals surface area (Å²) in [5.74, 6) is 0.445. The van der Waals surface area contributed by atoms with E-state index in [0.717, 1.165) is 24.8 Å². The number of rotatable bonds is 3. The van der Waals surface area contributed by atoms with Crippen molar-refractivity contribution in [1.82, 2.24) is 0 Å². The number of aromatic hydroxyl groups is 1. The number of phenols is 1. The second-order valence-electron chi connectivity index (χ2n) is 4.13. The van der Waals surface area contributed by atoms with Gasteiger partial charge in [-0.1, -0.05) is 17.7 Å². The number of halogens is 1. The Morgan fingerprint density at radius 1 is 1.53 bits per heavy atom. The molecule has 3 nitrogen and oxygen atoms in total. The van der Waals surface area contributed by atoms with Crippen LogP contribution in [0.15, 0.2) is 12.1 Å². The van der Waals surface area contributed by atoms with E-state index in [2.05, 4.69) is 0 Å². The first kappa shape index (κ1) is 10.6. The van der Waals surface area contributed by atoms with Crippen LogP contribution in [0.2, 0.25) is 5.02 Å². The van der Waals surface area contributed by atoms with E-state index in [9.17, 15) is 5.11 Å². The topological polar surface area (TPSA) is 55.5 Å². The van der Waals surface area contributed by atoms with Crippen molar-refractivity contribution in [2.24, 2.45) is 5.73 Å². The second kappa shape index (κ2) is 3.58. The van der Waals surface area contributed by atoms with Crippen molar-refractivity contribution in [3.63, 3.8) is 0 Å². The molecule has 1 aromatic rings. The third-order valence-electron chi connectivity index (χ3n) is 2.80. The Bertz CT molecular complexity index is 388. The van der Waals surface area contributed by atoms with Crippen LogP contribution in [0, 0.1) is 0 Å². The van der Waals surface area contributed by atoms with Crippen LogP contribution in [0.5, 0.6) is 11.5 Å². The van der Waals surface area contributed by atoms with E-state index in [1.165, 1.54) is 7.11 Å². The van der Waals surface area contributed by atoms with E-state index in [0.29, 0.717) is 10.8 Å². The van der Waals surface area contributed by atoms with Crippen molar-refractivity contribution < 1.29 is 9.84 Å². The lowest BCUT2D eigenvalue weighted by molar-refractivity contribution is 0.368. The summed E-state index contributed by atoms with van der Waals surface area (Å²) in [7, 11) is 1.52. The van der Waals surface area contributed by atoms with Gasteiger partial charge in [0.2, 0.25) is 0 Å². The summed E-state index contributed by atoms with van der Waals surface area (Å²) >= 11 is 5.79. The van der Waals surface area contributed by atoms with E-state index in [1.807, 2.05) is 6.07 Å². The zero-order valence-electron chi connectivity index (χ0n) is 8.59. The normalized spacial score (nSPS) is 17.5. The van der Waals surface area contributed by atoms with Crippen molar-refractivity contribution in [1.29, 1.82) is 0 Å². The van der Waals surface area contributed by atoms with Crippen LogP contribution >= 0.6 is 11.6 Å². The van der Waals surface area contributed by atoms with Crippen molar-refractivity contribution in [3.8, 4) is 11.5 Å². The number of hydrogen-bond donors (Lipinski definition) is 2. The summed E-state index contributed by atoms with van der Waals surface area (Å²) in [6.45, 7) is 0. The zero-order valence-corrected chi connectivity index (χ0v) is 9.34. The maximum absolute atomic E-state index is 9.70. The van der Waals surface area contributed by atoms with Crippen LogP contribution in [-0.2, 0) is 6.42 Å². The molecule has 15 heavy (non-hydrogen) atoms. The molecule has 0 atom stereocenters. The predicted octanol–water partition coefficient (Wildman–Crippen LogP) is 2.09. The van der Waals surface area contributed by atoms with Crippen LogP contribution in [0.1, 0.15) is 18.4 Å². The minimum absolute atomic E-state index is 0.000849. The van der Waals surface area contributed by atoms with Crippen LogP contribution in [-0.4, -0.2) is 17.8 Å². The molecule has 0 amide bonds. The molecule has 4 heteroatoms. The van der Waals surface area contributed by atoms with Crippen molar-refractivity contribution >= 4 is 11.6 Å². The highest BCUT2D eigenvalue weighted by atomic mass is 35.5. The Labute approximate surface area is 93.8 Å². The number of methoxy groups -OCH3 is 1. The molecule has 1 aromatic carbocycles. The largest absolute Gasteiger partial charge is 0.503 e. The summed E-state index contributed by atoms with van der Waals surface area (Å²) in [6.07, 6.45) is 2.78. The SMILES string of the molecule is COc1c(CC2(N)CC2)ccc(Cl)c1O. The molecule has 1 aliphatic carbocycles. The van der Waals surface area contributed by atoms with Crippen LogP contribution in [0.3, 0.4) is 0 Å². The van der Waals surface area contributed by atoms with Gasteiger partial charge < -0.3 is 15.6 Å². The first-order valence-electron chi connectivity index (χ1n) is 4.89. The average Bonchev–Trinajstić information content (AvgIpc) is 2.91. The average molecular weight is 228 g/mol. The summed E-state index contributed by atoms with van der Waals surface area (Å²) in [5.41, 5.74) is 6.83. The fourth-order valence-electron chi connectivity index (χ4n) is 1.67. The highest BCUT2D eigenvalue weighted by molar-refractivity contribution is 6.32. The summed E-state index contributed by atoms with van der Waals surface area (Å²) in [6, 6.07) is 3.52. The minimum atomic E-state index is -0.104. The van der Waals surface area contributed by atoms with Gasteiger partial charge in [0.1, 0.15) is 0 Å². The molecular formula is C11H14ClNO2. The van der Waals surface area contributed by atoms with Crippen LogP contribution < -0.4 is 10.5 Å². The summed E-state index contributed by atoms with van der Waals surface area (Å²) in [4.78, 5) is 0. The lowest BCUT2D eigenvalue weighted by Crippen LogP contribution is -2.24. The second-order valence-corrected chi connectivity index (χ2v) is 4.53. The fraction of sp³-hybridized carbons (Fsp3) is 0.455. The van der Waals surface area contributed by atoms with E-state index >= 15 is 0 Å². The van der Waals surface area contributed by atoms with Crippen LogP contribution in [0.25, 0.3) is 0 Å². The van der Waals surface area contributed by atoms with E-state index in [4.69, 9.17) is 22.1 Å². The number of ether oxygens (including phenoxy) is 1. The minimum Gasteiger partial charge on any atom is -0.503 e. The van der Waals surface area contributed by atoms with Gasteiger partial charge >= 0.3 is 0 Å². The standard InChI is InChI=1S/C11H14ClNO2/c1-15-10-7(6-11(13)4-5-11)2-3-8(12)9(10)14/h2-3,14H,4-6,13H2,1H3. The lowest BCUT2D eigenvalue weighted by Gasteiger charge is -2.14. The fourth-order valence-corrected chi connectivity index (χ4v) is 1.82. The molecule has 0 unspecified atom stereocenters. The number of phenolic OH excluding ortho intramolecular Hbond substituents is 1. The smallest absolute Gasteiger partial charge is 0.177 e. The number of benzene rings is 1. The molecule has 0 bridgehead atoms. The molecule has 0 aliphatic heterocycles. The molecule has 0 saturated heterocycles. The van der Waals surface area contributed by atoms with Gasteiger partial charge in [-0.2, -0.15) is 0 Å². The Hall–Kier alpha value is -0.930. The van der Waals surface area contributed by atoms with Gasteiger partial charge in [0, 0.05) is 5.54 Å². The summed E-state index contributed by atoms with van der Waals surface area (Å²) in [5, 5.41) is 10.0. The van der Waals surface area contributed by atoms with Crippen LogP contribution in [0.4, 0.5) is 0 Å². The van der Waals surface area contributed by atoms with Crippen molar-refractivity contribution in [3.05, 3.63) is 22.7 Å². The van der Waals surface area contributed by atoms with Gasteiger partial charge in [-0.3, -0.25) is 0 Å². The molecule has 2 rings (SSSR count). The maximum atomic E-state index is 9.70. The van der Waals surface area contributed by atoms with E-state index in [1.54, 1.807) is 6.07 Å². The molecule has 1 aliphatic rings. The number of hydrogen-bond acceptors (Lipinski definition) is 3. The molecule has 0 aromatic heterocycles. The van der Waals surface area contributed by atoms with Gasteiger partial charge in [-0.15, -0.1) is 0 Å². The Kier molecular flexibility index (Phi) is 2.52. The highest BCUT2D eigenvalue weighted by Gasteiger charge is 2.39. The number of nitrogens with two attached hydrogens (primary N) is 1. The predicted molar refractivity (Wildman–Crippen MR) is 59.5 cm³/mol.